The van der Waals surface area contributed by atoms with Gasteiger partial charge in [0, 0.05) is 11.8 Å². The number of ether oxygens (including phenoxy) is 1. The van der Waals surface area contributed by atoms with Gasteiger partial charge >= 0.3 is 0 Å². The van der Waals surface area contributed by atoms with E-state index in [1.165, 1.54) is 11.1 Å². The lowest BCUT2D eigenvalue weighted by Crippen LogP contribution is -2.42. The first kappa shape index (κ1) is 11.0. The van der Waals surface area contributed by atoms with E-state index in [0.717, 1.165) is 12.8 Å². The van der Waals surface area contributed by atoms with Crippen LogP contribution < -0.4 is 0 Å². The molecule has 1 unspecified atom stereocenters. The second-order valence-electron chi connectivity index (χ2n) is 5.92. The Bertz CT molecular complexity index is 476. The van der Waals surface area contributed by atoms with Crippen molar-refractivity contribution >= 4 is 5.78 Å². The molecule has 0 bridgehead atoms. The first-order valence-corrected chi connectivity index (χ1v) is 6.29. The molecule has 0 aromatic heterocycles. The van der Waals surface area contributed by atoms with Crippen LogP contribution in [0.2, 0.25) is 0 Å². The van der Waals surface area contributed by atoms with E-state index in [2.05, 4.69) is 24.3 Å². The number of ketones is 1. The zero-order valence-electron chi connectivity index (χ0n) is 10.5. The average molecular weight is 230 g/mol. The molecule has 0 radical (unpaired) electrons. The van der Waals surface area contributed by atoms with E-state index < -0.39 is 0 Å². The maximum atomic E-state index is 11.9. The topological polar surface area (TPSA) is 26.3 Å². The van der Waals surface area contributed by atoms with Crippen LogP contribution in [0.3, 0.4) is 0 Å². The number of carbonyl (C=O) groups is 1. The van der Waals surface area contributed by atoms with E-state index >= 15 is 0 Å². The summed E-state index contributed by atoms with van der Waals surface area (Å²) in [6.45, 7) is 4.78. The highest BCUT2D eigenvalue weighted by molar-refractivity contribution is 5.85. The van der Waals surface area contributed by atoms with Crippen LogP contribution in [0.4, 0.5) is 0 Å². The van der Waals surface area contributed by atoms with Crippen molar-refractivity contribution in [3.63, 3.8) is 0 Å². The van der Waals surface area contributed by atoms with Crippen LogP contribution in [0, 0.1) is 5.41 Å². The number of fused-ring (bicyclic) bond motifs is 2. The number of benzene rings is 1. The highest BCUT2D eigenvalue weighted by Gasteiger charge is 2.49. The van der Waals surface area contributed by atoms with E-state index in [0.29, 0.717) is 18.8 Å². The van der Waals surface area contributed by atoms with Crippen molar-refractivity contribution in [2.45, 2.75) is 45.3 Å². The van der Waals surface area contributed by atoms with Gasteiger partial charge in [0.15, 0.2) is 0 Å². The molecule has 1 aliphatic heterocycles. The molecule has 2 aliphatic rings. The minimum atomic E-state index is -0.254. The molecule has 1 spiro atoms. The molecule has 0 saturated heterocycles. The Morgan fingerprint density at radius 2 is 2.00 bits per heavy atom. The predicted octanol–water partition coefficient (Wildman–Crippen LogP) is 3.19. The summed E-state index contributed by atoms with van der Waals surface area (Å²) in [7, 11) is 0. The van der Waals surface area contributed by atoms with Gasteiger partial charge in [-0.3, -0.25) is 4.79 Å². The average Bonchev–Trinajstić information content (AvgIpc) is 2.64. The molecule has 1 saturated carbocycles. The summed E-state index contributed by atoms with van der Waals surface area (Å²) in [5.41, 5.74) is 2.14. The third-order valence-corrected chi connectivity index (χ3v) is 4.25. The van der Waals surface area contributed by atoms with Crippen molar-refractivity contribution in [1.29, 1.82) is 0 Å². The van der Waals surface area contributed by atoms with E-state index in [4.69, 9.17) is 4.74 Å². The second-order valence-corrected chi connectivity index (χ2v) is 5.92. The normalized spacial score (nSPS) is 30.6. The molecule has 17 heavy (non-hydrogen) atoms. The van der Waals surface area contributed by atoms with E-state index in [-0.39, 0.29) is 11.0 Å². The van der Waals surface area contributed by atoms with Crippen molar-refractivity contribution in [3.8, 4) is 0 Å². The summed E-state index contributed by atoms with van der Waals surface area (Å²) in [4.78, 5) is 11.9. The van der Waals surface area contributed by atoms with Crippen LogP contribution in [0.1, 0.15) is 44.2 Å². The highest BCUT2D eigenvalue weighted by Crippen LogP contribution is 2.51. The Balaban J connectivity index is 2.02. The molecule has 1 aromatic carbocycles. The van der Waals surface area contributed by atoms with E-state index in [1.807, 2.05) is 13.8 Å². The van der Waals surface area contributed by atoms with Crippen LogP contribution in [0.25, 0.3) is 0 Å². The fourth-order valence-electron chi connectivity index (χ4n) is 3.29. The molecule has 1 heterocycles. The van der Waals surface area contributed by atoms with Gasteiger partial charge in [-0.25, -0.2) is 0 Å². The summed E-state index contributed by atoms with van der Waals surface area (Å²) in [6.07, 6.45) is 2.30. The minimum Gasteiger partial charge on any atom is -0.366 e. The van der Waals surface area contributed by atoms with Crippen molar-refractivity contribution < 1.29 is 9.53 Å². The van der Waals surface area contributed by atoms with Crippen molar-refractivity contribution in [1.82, 2.24) is 0 Å². The molecule has 2 heteroatoms. The Labute approximate surface area is 102 Å². The number of rotatable bonds is 0. The third-order valence-electron chi connectivity index (χ3n) is 4.25. The molecule has 90 valence electrons. The Morgan fingerprint density at radius 1 is 1.24 bits per heavy atom. The Morgan fingerprint density at radius 3 is 2.76 bits per heavy atom. The van der Waals surface area contributed by atoms with Gasteiger partial charge in [0.05, 0.1) is 12.2 Å². The molecule has 0 N–H and O–H groups in total. The smallest absolute Gasteiger partial charge is 0.138 e. The van der Waals surface area contributed by atoms with Gasteiger partial charge in [-0.1, -0.05) is 38.1 Å². The molecular weight excluding hydrogens is 212 g/mol. The van der Waals surface area contributed by atoms with Gasteiger partial charge < -0.3 is 4.74 Å². The van der Waals surface area contributed by atoms with Crippen molar-refractivity contribution in [2.24, 2.45) is 5.41 Å². The van der Waals surface area contributed by atoms with Crippen LogP contribution in [0.5, 0.6) is 0 Å². The summed E-state index contributed by atoms with van der Waals surface area (Å²) in [5, 5.41) is 0. The van der Waals surface area contributed by atoms with Gasteiger partial charge in [-0.2, -0.15) is 0 Å². The zero-order valence-corrected chi connectivity index (χ0v) is 10.5. The molecule has 1 aliphatic carbocycles. The maximum absolute atomic E-state index is 11.9. The van der Waals surface area contributed by atoms with E-state index in [9.17, 15) is 4.79 Å². The molecule has 0 amide bonds. The largest absolute Gasteiger partial charge is 0.366 e. The number of hydrogen-bond acceptors (Lipinski definition) is 2. The lowest BCUT2D eigenvalue weighted by atomic mass is 9.66. The number of Topliss-reactive ketones (excluding diaryl/α,β-unsaturated/α-hetero) is 1. The first-order chi connectivity index (χ1) is 8.04. The molecule has 1 fully saturated rings. The molecular formula is C15H18O2. The minimum absolute atomic E-state index is 0.200. The molecule has 2 nitrogen and oxygen atoms in total. The number of hydrogen-bond donors (Lipinski definition) is 0. The zero-order chi connectivity index (χ0) is 12.1. The van der Waals surface area contributed by atoms with Crippen LogP contribution in [-0.2, 0) is 21.7 Å². The highest BCUT2D eigenvalue weighted by atomic mass is 16.5. The first-order valence-electron chi connectivity index (χ1n) is 6.29. The third kappa shape index (κ3) is 1.54. The fourth-order valence-corrected chi connectivity index (χ4v) is 3.29. The monoisotopic (exact) mass is 230 g/mol. The molecule has 1 aromatic rings. The van der Waals surface area contributed by atoms with Crippen LogP contribution in [-0.4, -0.2) is 5.78 Å². The molecule has 1 atom stereocenters. The number of carbonyl (C=O) groups excluding carboxylic acids is 1. The maximum Gasteiger partial charge on any atom is 0.138 e. The molecule has 3 rings (SSSR count). The van der Waals surface area contributed by atoms with Gasteiger partial charge in [0.25, 0.3) is 0 Å². The lowest BCUT2D eigenvalue weighted by Gasteiger charge is -2.41. The Hall–Kier alpha value is -1.15. The fraction of sp³-hybridized carbons (Fsp3) is 0.533. The standard InChI is InChI=1S/C15H18O2/c1-14(2)10-15(8-7-13(14)16)12-6-4-3-5-11(12)9-17-15/h3-6H,7-10H2,1-2H3. The van der Waals surface area contributed by atoms with Crippen LogP contribution in [0.15, 0.2) is 24.3 Å². The van der Waals surface area contributed by atoms with Crippen molar-refractivity contribution in [3.05, 3.63) is 35.4 Å². The van der Waals surface area contributed by atoms with Crippen molar-refractivity contribution in [2.75, 3.05) is 0 Å². The quantitative estimate of drug-likeness (QED) is 0.684. The summed E-state index contributed by atoms with van der Waals surface area (Å²) < 4.78 is 6.08. The van der Waals surface area contributed by atoms with Crippen LogP contribution >= 0.6 is 0 Å². The SMILES string of the molecule is CC1(C)CC2(CCC1=O)OCc1ccccc12. The van der Waals surface area contributed by atoms with E-state index in [1.54, 1.807) is 0 Å². The predicted molar refractivity (Wildman–Crippen MR) is 65.5 cm³/mol. The summed E-state index contributed by atoms with van der Waals surface area (Å²) >= 11 is 0. The summed E-state index contributed by atoms with van der Waals surface area (Å²) in [6, 6.07) is 8.42. The van der Waals surface area contributed by atoms with Gasteiger partial charge in [-0.05, 0) is 24.0 Å². The summed E-state index contributed by atoms with van der Waals surface area (Å²) in [5.74, 6) is 0.371. The second kappa shape index (κ2) is 3.42. The van der Waals surface area contributed by atoms with Gasteiger partial charge in [0.1, 0.15) is 5.78 Å². The van der Waals surface area contributed by atoms with Gasteiger partial charge in [0.2, 0.25) is 0 Å². The van der Waals surface area contributed by atoms with Gasteiger partial charge in [-0.15, -0.1) is 0 Å². The lowest BCUT2D eigenvalue weighted by molar-refractivity contribution is -0.145. The Kier molecular flexibility index (Phi) is 2.21.